The molecule has 1 aromatic carbocycles. The van der Waals surface area contributed by atoms with Gasteiger partial charge in [-0.3, -0.25) is 4.79 Å². The van der Waals surface area contributed by atoms with Gasteiger partial charge in [0.05, 0.1) is 12.7 Å². The van der Waals surface area contributed by atoms with Crippen molar-refractivity contribution in [2.24, 2.45) is 0 Å². The zero-order valence-corrected chi connectivity index (χ0v) is 14.5. The molecule has 1 rings (SSSR count). The van der Waals surface area contributed by atoms with Gasteiger partial charge in [0.1, 0.15) is 5.75 Å². The summed E-state index contributed by atoms with van der Waals surface area (Å²) in [5.74, 6) is 1.75. The van der Waals surface area contributed by atoms with E-state index in [1.54, 1.807) is 19.2 Å². The molecule has 112 valence electrons. The molecule has 0 aromatic heterocycles. The summed E-state index contributed by atoms with van der Waals surface area (Å²) in [7, 11) is 1.57. The van der Waals surface area contributed by atoms with Gasteiger partial charge in [-0.1, -0.05) is 28.8 Å². The maximum absolute atomic E-state index is 12.1. The van der Waals surface area contributed by atoms with Crippen molar-refractivity contribution in [2.75, 3.05) is 25.7 Å². The van der Waals surface area contributed by atoms with Crippen molar-refractivity contribution < 1.29 is 9.53 Å². The van der Waals surface area contributed by atoms with Gasteiger partial charge in [-0.2, -0.15) is 11.8 Å². The summed E-state index contributed by atoms with van der Waals surface area (Å²) in [6.45, 7) is 0.720. The second kappa shape index (κ2) is 10.1. The monoisotopic (exact) mass is 359 g/mol. The molecule has 0 spiro atoms. The Hall–Kier alpha value is -0.680. The summed E-state index contributed by atoms with van der Waals surface area (Å²) in [6.07, 6.45) is 6.82. The number of amides is 1. The van der Waals surface area contributed by atoms with Crippen LogP contribution in [0.25, 0.3) is 0 Å². The summed E-state index contributed by atoms with van der Waals surface area (Å²) in [6, 6.07) is 5.42. The molecule has 0 heterocycles. The van der Waals surface area contributed by atoms with Gasteiger partial charge in [0.2, 0.25) is 0 Å². The van der Waals surface area contributed by atoms with Crippen LogP contribution in [0.2, 0.25) is 0 Å². The second-order valence-electron chi connectivity index (χ2n) is 4.51. The molecule has 0 bridgehead atoms. The quantitative estimate of drug-likeness (QED) is 0.674. The molecule has 0 atom stereocenters. The molecule has 1 aromatic rings. The number of benzene rings is 1. The number of thioether (sulfide) groups is 1. The van der Waals surface area contributed by atoms with Crippen molar-refractivity contribution in [3.05, 3.63) is 28.2 Å². The average molecular weight is 360 g/mol. The molecule has 1 amide bonds. The predicted octanol–water partition coefficient (Wildman–Crippen LogP) is 4.11. The van der Waals surface area contributed by atoms with E-state index in [0.29, 0.717) is 11.3 Å². The second-order valence-corrected chi connectivity index (χ2v) is 6.41. The molecule has 0 radical (unpaired) electrons. The highest BCUT2D eigenvalue weighted by atomic mass is 79.9. The molecular weight excluding hydrogens is 338 g/mol. The highest BCUT2D eigenvalue weighted by Gasteiger charge is 2.11. The number of rotatable bonds is 9. The van der Waals surface area contributed by atoms with Gasteiger partial charge in [0.25, 0.3) is 5.91 Å². The van der Waals surface area contributed by atoms with Gasteiger partial charge in [0.15, 0.2) is 0 Å². The number of hydrogen-bond donors (Lipinski definition) is 1. The molecule has 0 fully saturated rings. The number of carbonyl (C=O) groups excluding carboxylic acids is 1. The van der Waals surface area contributed by atoms with E-state index in [2.05, 4.69) is 27.5 Å². The number of carbonyl (C=O) groups is 1. The largest absolute Gasteiger partial charge is 0.496 e. The first-order valence-corrected chi connectivity index (χ1v) is 8.98. The molecule has 0 aliphatic rings. The number of nitrogens with one attached hydrogen (secondary N) is 1. The highest BCUT2D eigenvalue weighted by Crippen LogP contribution is 2.23. The summed E-state index contributed by atoms with van der Waals surface area (Å²) < 4.78 is 6.13. The fraction of sp³-hybridized carbons (Fsp3) is 0.533. The van der Waals surface area contributed by atoms with Crippen LogP contribution in [0.1, 0.15) is 36.0 Å². The molecule has 0 saturated heterocycles. The average Bonchev–Trinajstić information content (AvgIpc) is 2.45. The number of methoxy groups -OCH3 is 1. The van der Waals surface area contributed by atoms with E-state index in [0.717, 1.165) is 23.9 Å². The van der Waals surface area contributed by atoms with Crippen molar-refractivity contribution in [1.29, 1.82) is 0 Å². The van der Waals surface area contributed by atoms with Crippen LogP contribution in [-0.2, 0) is 0 Å². The summed E-state index contributed by atoms with van der Waals surface area (Å²) >= 11 is 5.25. The summed E-state index contributed by atoms with van der Waals surface area (Å²) in [5, 5.41) is 2.94. The highest BCUT2D eigenvalue weighted by molar-refractivity contribution is 9.10. The van der Waals surface area contributed by atoms with Gasteiger partial charge in [-0.15, -0.1) is 0 Å². The lowest BCUT2D eigenvalue weighted by atomic mass is 10.1. The third-order valence-electron chi connectivity index (χ3n) is 2.97. The van der Waals surface area contributed by atoms with E-state index < -0.39 is 0 Å². The van der Waals surface area contributed by atoms with Crippen molar-refractivity contribution >= 4 is 33.6 Å². The van der Waals surface area contributed by atoms with Crippen LogP contribution in [0.15, 0.2) is 22.7 Å². The van der Waals surface area contributed by atoms with Crippen molar-refractivity contribution in [1.82, 2.24) is 5.32 Å². The molecule has 5 heteroatoms. The Morgan fingerprint density at radius 1 is 1.30 bits per heavy atom. The Morgan fingerprint density at radius 2 is 2.05 bits per heavy atom. The van der Waals surface area contributed by atoms with Gasteiger partial charge in [-0.05, 0) is 43.0 Å². The SMILES string of the molecule is COc1cc(Br)ccc1C(=O)NCCCCCCSC. The number of ether oxygens (including phenoxy) is 1. The Bertz CT molecular complexity index is 426. The molecule has 3 nitrogen and oxygen atoms in total. The minimum atomic E-state index is -0.0709. The Kier molecular flexibility index (Phi) is 8.78. The van der Waals surface area contributed by atoms with E-state index in [9.17, 15) is 4.79 Å². The van der Waals surface area contributed by atoms with Crippen LogP contribution in [0, 0.1) is 0 Å². The van der Waals surface area contributed by atoms with E-state index in [1.807, 2.05) is 17.8 Å². The van der Waals surface area contributed by atoms with E-state index in [-0.39, 0.29) is 5.91 Å². The first kappa shape index (κ1) is 17.4. The van der Waals surface area contributed by atoms with Crippen molar-refractivity contribution in [3.8, 4) is 5.75 Å². The molecule has 0 aliphatic heterocycles. The number of hydrogen-bond acceptors (Lipinski definition) is 3. The lowest BCUT2D eigenvalue weighted by Gasteiger charge is -2.09. The van der Waals surface area contributed by atoms with Gasteiger partial charge >= 0.3 is 0 Å². The zero-order chi connectivity index (χ0) is 14.8. The fourth-order valence-electron chi connectivity index (χ4n) is 1.87. The number of halogens is 1. The maximum Gasteiger partial charge on any atom is 0.255 e. The van der Waals surface area contributed by atoms with Gasteiger partial charge in [-0.25, -0.2) is 0 Å². The molecule has 20 heavy (non-hydrogen) atoms. The van der Waals surface area contributed by atoms with Gasteiger partial charge < -0.3 is 10.1 Å². The van der Waals surface area contributed by atoms with Crippen molar-refractivity contribution in [3.63, 3.8) is 0 Å². The van der Waals surface area contributed by atoms with Crippen LogP contribution < -0.4 is 10.1 Å². The maximum atomic E-state index is 12.1. The zero-order valence-electron chi connectivity index (χ0n) is 12.1. The van der Waals surface area contributed by atoms with E-state index in [4.69, 9.17) is 4.74 Å². The molecular formula is C15H22BrNO2S. The molecule has 0 saturated carbocycles. The third kappa shape index (κ3) is 6.18. The minimum absolute atomic E-state index is 0.0709. The molecule has 0 aliphatic carbocycles. The normalized spacial score (nSPS) is 10.3. The first-order chi connectivity index (χ1) is 9.69. The number of unbranched alkanes of at least 4 members (excludes halogenated alkanes) is 3. The van der Waals surface area contributed by atoms with E-state index >= 15 is 0 Å². The third-order valence-corrected chi connectivity index (χ3v) is 4.16. The lowest BCUT2D eigenvalue weighted by Crippen LogP contribution is -2.24. The minimum Gasteiger partial charge on any atom is -0.496 e. The van der Waals surface area contributed by atoms with E-state index in [1.165, 1.54) is 18.6 Å². The fourth-order valence-corrected chi connectivity index (χ4v) is 2.71. The van der Waals surface area contributed by atoms with Gasteiger partial charge in [0, 0.05) is 11.0 Å². The Labute approximate surface area is 134 Å². The summed E-state index contributed by atoms with van der Waals surface area (Å²) in [5.41, 5.74) is 0.582. The van der Waals surface area contributed by atoms with Crippen LogP contribution in [0.3, 0.4) is 0 Å². The first-order valence-electron chi connectivity index (χ1n) is 6.79. The Balaban J connectivity index is 2.32. The summed E-state index contributed by atoms with van der Waals surface area (Å²) in [4.78, 5) is 12.1. The van der Waals surface area contributed by atoms with Crippen LogP contribution in [0.4, 0.5) is 0 Å². The molecule has 1 N–H and O–H groups in total. The van der Waals surface area contributed by atoms with Crippen LogP contribution in [-0.4, -0.2) is 31.6 Å². The van der Waals surface area contributed by atoms with Crippen LogP contribution >= 0.6 is 27.7 Å². The predicted molar refractivity (Wildman–Crippen MR) is 89.9 cm³/mol. The molecule has 0 unspecified atom stereocenters. The van der Waals surface area contributed by atoms with Crippen LogP contribution in [0.5, 0.6) is 5.75 Å². The topological polar surface area (TPSA) is 38.3 Å². The van der Waals surface area contributed by atoms with Crippen molar-refractivity contribution in [2.45, 2.75) is 25.7 Å². The smallest absolute Gasteiger partial charge is 0.255 e. The lowest BCUT2D eigenvalue weighted by molar-refractivity contribution is 0.0950. The standard InChI is InChI=1S/C15H22BrNO2S/c1-19-14-11-12(16)7-8-13(14)15(18)17-9-5-3-4-6-10-20-2/h7-8,11H,3-6,9-10H2,1-2H3,(H,17,18). The Morgan fingerprint density at radius 3 is 2.75 bits per heavy atom.